The maximum atomic E-state index is 9.08. The number of aliphatic hydroxyl groups is 1. The quantitative estimate of drug-likeness (QED) is 0.456. The molecule has 16 heavy (non-hydrogen) atoms. The number of hydrogen-bond donors (Lipinski definition) is 2. The SMILES string of the molecule is C/C(=N\O)c1cccc(OCCC(C)O)c1. The summed E-state index contributed by atoms with van der Waals surface area (Å²) in [6, 6.07) is 7.31. The minimum Gasteiger partial charge on any atom is -0.493 e. The first-order chi connectivity index (χ1) is 7.63. The second-order valence-corrected chi connectivity index (χ2v) is 3.70. The summed E-state index contributed by atoms with van der Waals surface area (Å²) >= 11 is 0. The van der Waals surface area contributed by atoms with Crippen molar-refractivity contribution in [2.45, 2.75) is 26.4 Å². The molecule has 1 rings (SSSR count). The summed E-state index contributed by atoms with van der Waals surface area (Å²) in [5.74, 6) is 0.709. The maximum absolute atomic E-state index is 9.08. The van der Waals surface area contributed by atoms with Crippen LogP contribution in [0.4, 0.5) is 0 Å². The van der Waals surface area contributed by atoms with Crippen LogP contribution in [-0.4, -0.2) is 28.7 Å². The molecule has 0 fully saturated rings. The number of oxime groups is 1. The van der Waals surface area contributed by atoms with Gasteiger partial charge in [-0.1, -0.05) is 17.3 Å². The highest BCUT2D eigenvalue weighted by Gasteiger charge is 2.01. The molecule has 4 heteroatoms. The van der Waals surface area contributed by atoms with Gasteiger partial charge >= 0.3 is 0 Å². The summed E-state index contributed by atoms with van der Waals surface area (Å²) < 4.78 is 5.46. The molecule has 0 aliphatic carbocycles. The van der Waals surface area contributed by atoms with E-state index in [9.17, 15) is 0 Å². The molecule has 0 aliphatic heterocycles. The number of ether oxygens (including phenoxy) is 1. The van der Waals surface area contributed by atoms with E-state index in [4.69, 9.17) is 15.1 Å². The zero-order valence-corrected chi connectivity index (χ0v) is 9.55. The Bertz CT molecular complexity index is 361. The van der Waals surface area contributed by atoms with Crippen molar-refractivity contribution in [2.75, 3.05) is 6.61 Å². The van der Waals surface area contributed by atoms with Gasteiger partial charge < -0.3 is 15.1 Å². The molecule has 0 saturated carbocycles. The van der Waals surface area contributed by atoms with E-state index in [2.05, 4.69) is 5.16 Å². The second kappa shape index (κ2) is 6.12. The van der Waals surface area contributed by atoms with Gasteiger partial charge in [0.2, 0.25) is 0 Å². The number of hydrogen-bond acceptors (Lipinski definition) is 4. The fraction of sp³-hybridized carbons (Fsp3) is 0.417. The van der Waals surface area contributed by atoms with Crippen LogP contribution >= 0.6 is 0 Å². The fourth-order valence-corrected chi connectivity index (χ4v) is 1.22. The lowest BCUT2D eigenvalue weighted by molar-refractivity contribution is 0.155. The zero-order chi connectivity index (χ0) is 12.0. The van der Waals surface area contributed by atoms with Crippen molar-refractivity contribution in [3.8, 4) is 5.75 Å². The van der Waals surface area contributed by atoms with Crippen molar-refractivity contribution in [1.29, 1.82) is 0 Å². The van der Waals surface area contributed by atoms with Gasteiger partial charge in [0.25, 0.3) is 0 Å². The molecule has 1 atom stereocenters. The average Bonchev–Trinajstić information content (AvgIpc) is 2.28. The van der Waals surface area contributed by atoms with E-state index in [-0.39, 0.29) is 6.10 Å². The minimum absolute atomic E-state index is 0.357. The van der Waals surface area contributed by atoms with Crippen LogP contribution in [0.2, 0.25) is 0 Å². The minimum atomic E-state index is -0.357. The first-order valence-electron chi connectivity index (χ1n) is 5.23. The van der Waals surface area contributed by atoms with Crippen LogP contribution in [0.15, 0.2) is 29.4 Å². The molecular formula is C12H17NO3. The second-order valence-electron chi connectivity index (χ2n) is 3.70. The van der Waals surface area contributed by atoms with E-state index in [1.54, 1.807) is 19.9 Å². The van der Waals surface area contributed by atoms with Gasteiger partial charge in [-0.3, -0.25) is 0 Å². The van der Waals surface area contributed by atoms with Crippen molar-refractivity contribution in [3.63, 3.8) is 0 Å². The van der Waals surface area contributed by atoms with Crippen molar-refractivity contribution in [1.82, 2.24) is 0 Å². The summed E-state index contributed by atoms with van der Waals surface area (Å²) in [7, 11) is 0. The third-order valence-corrected chi connectivity index (χ3v) is 2.21. The molecule has 0 heterocycles. The van der Waals surface area contributed by atoms with E-state index in [1.807, 2.05) is 18.2 Å². The predicted molar refractivity (Wildman–Crippen MR) is 62.2 cm³/mol. The Labute approximate surface area is 95.2 Å². The van der Waals surface area contributed by atoms with Crippen molar-refractivity contribution >= 4 is 5.71 Å². The van der Waals surface area contributed by atoms with Crippen molar-refractivity contribution in [2.24, 2.45) is 5.16 Å². The van der Waals surface area contributed by atoms with E-state index >= 15 is 0 Å². The van der Waals surface area contributed by atoms with Crippen LogP contribution in [0.1, 0.15) is 25.8 Å². The molecule has 2 N–H and O–H groups in total. The number of rotatable bonds is 5. The molecule has 0 radical (unpaired) electrons. The summed E-state index contributed by atoms with van der Waals surface area (Å²) in [6.45, 7) is 3.91. The molecule has 0 spiro atoms. The van der Waals surface area contributed by atoms with Gasteiger partial charge in [0.05, 0.1) is 18.4 Å². The van der Waals surface area contributed by atoms with Crippen LogP contribution in [0.3, 0.4) is 0 Å². The van der Waals surface area contributed by atoms with Crippen molar-refractivity contribution in [3.05, 3.63) is 29.8 Å². The Kier molecular flexibility index (Phi) is 4.79. The smallest absolute Gasteiger partial charge is 0.119 e. The fourth-order valence-electron chi connectivity index (χ4n) is 1.22. The Morgan fingerprint density at radius 1 is 1.50 bits per heavy atom. The molecule has 0 saturated heterocycles. The van der Waals surface area contributed by atoms with Crippen LogP contribution in [0.25, 0.3) is 0 Å². The Morgan fingerprint density at radius 2 is 2.25 bits per heavy atom. The molecule has 1 unspecified atom stereocenters. The van der Waals surface area contributed by atoms with Crippen LogP contribution in [-0.2, 0) is 0 Å². The highest BCUT2D eigenvalue weighted by atomic mass is 16.5. The van der Waals surface area contributed by atoms with Crippen LogP contribution in [0.5, 0.6) is 5.75 Å². The molecule has 0 aromatic heterocycles. The number of nitrogens with zero attached hydrogens (tertiary/aromatic N) is 1. The molecule has 0 aliphatic rings. The standard InChI is InChI=1S/C12H17NO3/c1-9(14)6-7-16-12-5-3-4-11(8-12)10(2)13-15/h3-5,8-9,14-15H,6-7H2,1-2H3/b13-10+. The topological polar surface area (TPSA) is 62.1 Å². The van der Waals surface area contributed by atoms with Gasteiger partial charge in [0, 0.05) is 12.0 Å². The van der Waals surface area contributed by atoms with Gasteiger partial charge in [0.1, 0.15) is 5.75 Å². The number of benzene rings is 1. The predicted octanol–water partition coefficient (Wildman–Crippen LogP) is 2.03. The zero-order valence-electron chi connectivity index (χ0n) is 9.55. The summed E-state index contributed by atoms with van der Waals surface area (Å²) in [5.41, 5.74) is 1.36. The van der Waals surface area contributed by atoms with E-state index < -0.39 is 0 Å². The maximum Gasteiger partial charge on any atom is 0.119 e. The molecule has 88 valence electrons. The summed E-state index contributed by atoms with van der Waals surface area (Å²) in [6.07, 6.45) is 0.237. The van der Waals surface area contributed by atoms with Gasteiger partial charge in [-0.05, 0) is 26.0 Å². The molecule has 1 aromatic carbocycles. The monoisotopic (exact) mass is 223 g/mol. The van der Waals surface area contributed by atoms with Crippen LogP contribution < -0.4 is 4.74 Å². The van der Waals surface area contributed by atoms with E-state index in [1.165, 1.54) is 0 Å². The first kappa shape index (κ1) is 12.5. The van der Waals surface area contributed by atoms with Crippen molar-refractivity contribution < 1.29 is 15.1 Å². The normalized spacial score (nSPS) is 13.6. The Balaban J connectivity index is 2.61. The molecule has 1 aromatic rings. The third-order valence-electron chi connectivity index (χ3n) is 2.21. The Hall–Kier alpha value is -1.55. The third kappa shape index (κ3) is 3.90. The average molecular weight is 223 g/mol. The summed E-state index contributed by atoms with van der Waals surface area (Å²) in [4.78, 5) is 0. The highest BCUT2D eigenvalue weighted by molar-refractivity contribution is 5.98. The lowest BCUT2D eigenvalue weighted by atomic mass is 10.1. The highest BCUT2D eigenvalue weighted by Crippen LogP contribution is 2.14. The van der Waals surface area contributed by atoms with Gasteiger partial charge in [-0.25, -0.2) is 0 Å². The first-order valence-corrected chi connectivity index (χ1v) is 5.23. The van der Waals surface area contributed by atoms with E-state index in [0.717, 1.165) is 5.56 Å². The summed E-state index contributed by atoms with van der Waals surface area (Å²) in [5, 5.41) is 20.9. The van der Waals surface area contributed by atoms with Gasteiger partial charge in [-0.15, -0.1) is 0 Å². The lowest BCUT2D eigenvalue weighted by Crippen LogP contribution is -2.07. The van der Waals surface area contributed by atoms with Gasteiger partial charge in [-0.2, -0.15) is 0 Å². The molecule has 0 bridgehead atoms. The largest absolute Gasteiger partial charge is 0.493 e. The Morgan fingerprint density at radius 3 is 2.88 bits per heavy atom. The number of aliphatic hydroxyl groups excluding tert-OH is 1. The van der Waals surface area contributed by atoms with E-state index in [0.29, 0.717) is 24.5 Å². The molecular weight excluding hydrogens is 206 g/mol. The van der Waals surface area contributed by atoms with Gasteiger partial charge in [0.15, 0.2) is 0 Å². The lowest BCUT2D eigenvalue weighted by Gasteiger charge is -2.08. The molecule has 0 amide bonds. The van der Waals surface area contributed by atoms with Crippen LogP contribution in [0, 0.1) is 0 Å². The molecule has 4 nitrogen and oxygen atoms in total.